The van der Waals surface area contributed by atoms with Gasteiger partial charge in [-0.3, -0.25) is 0 Å². The highest BCUT2D eigenvalue weighted by molar-refractivity contribution is 5.59. The first-order chi connectivity index (χ1) is 9.64. The number of aliphatic hydroxyl groups is 2. The molecule has 0 spiro atoms. The number of rotatable bonds is 2. The minimum absolute atomic E-state index is 0.120. The predicted molar refractivity (Wildman–Crippen MR) is 78.6 cm³/mol. The number of carbonyl (C=O) groups is 1. The Bertz CT molecular complexity index is 483. The highest BCUT2D eigenvalue weighted by Gasteiger charge is 2.55. The first kappa shape index (κ1) is 17.5. The van der Waals surface area contributed by atoms with Gasteiger partial charge in [0.1, 0.15) is 0 Å². The number of carboxylic acid groups (broad SMARTS) is 1. The van der Waals surface area contributed by atoms with Crippen LogP contribution in [0.15, 0.2) is 11.6 Å². The van der Waals surface area contributed by atoms with Crippen LogP contribution in [0.5, 0.6) is 0 Å². The van der Waals surface area contributed by atoms with Gasteiger partial charge in [0.15, 0.2) is 5.60 Å². The van der Waals surface area contributed by atoms with Crippen molar-refractivity contribution in [1.29, 1.82) is 0 Å². The molecule has 0 amide bonds. The van der Waals surface area contributed by atoms with Gasteiger partial charge in [0, 0.05) is 11.3 Å². The lowest BCUT2D eigenvalue weighted by atomic mass is 9.60. The molecule has 0 aliphatic heterocycles. The zero-order chi connectivity index (χ0) is 16.3. The Morgan fingerprint density at radius 3 is 2.57 bits per heavy atom. The minimum atomic E-state index is -1.37. The minimum Gasteiger partial charge on any atom is -0.450 e. The van der Waals surface area contributed by atoms with Gasteiger partial charge in [-0.05, 0) is 37.3 Å². The van der Waals surface area contributed by atoms with E-state index in [1.807, 2.05) is 20.8 Å². The van der Waals surface area contributed by atoms with E-state index in [1.54, 1.807) is 13.0 Å². The fraction of sp³-hybridized carbons (Fsp3) is 0.688. The molecule has 0 unspecified atom stereocenters. The lowest BCUT2D eigenvalue weighted by molar-refractivity contribution is -0.134. The van der Waals surface area contributed by atoms with Crippen LogP contribution in [0.1, 0.15) is 40.5 Å². The molecule has 21 heavy (non-hydrogen) atoms. The summed E-state index contributed by atoms with van der Waals surface area (Å²) in [6.45, 7) is 7.17. The molecule has 0 saturated heterocycles. The summed E-state index contributed by atoms with van der Waals surface area (Å²) in [6, 6.07) is 0. The monoisotopic (exact) mass is 296 g/mol. The summed E-state index contributed by atoms with van der Waals surface area (Å²) >= 11 is 0. The number of hydrogen-bond acceptors (Lipinski definition) is 4. The van der Waals surface area contributed by atoms with Crippen molar-refractivity contribution in [3.05, 3.63) is 11.6 Å². The van der Waals surface area contributed by atoms with Gasteiger partial charge >= 0.3 is 6.16 Å². The molecule has 1 rings (SSSR count). The molecule has 3 atom stereocenters. The Morgan fingerprint density at radius 1 is 1.48 bits per heavy atom. The van der Waals surface area contributed by atoms with Gasteiger partial charge in [0.25, 0.3) is 0 Å². The van der Waals surface area contributed by atoms with E-state index in [4.69, 9.17) is 14.9 Å². The van der Waals surface area contributed by atoms with Crippen LogP contribution in [0.3, 0.4) is 0 Å². The van der Waals surface area contributed by atoms with E-state index in [0.717, 1.165) is 0 Å². The molecule has 1 aliphatic carbocycles. The van der Waals surface area contributed by atoms with Crippen molar-refractivity contribution in [2.45, 2.75) is 52.2 Å². The maximum absolute atomic E-state index is 11.2. The van der Waals surface area contributed by atoms with Crippen LogP contribution in [-0.2, 0) is 4.74 Å². The van der Waals surface area contributed by atoms with Gasteiger partial charge < -0.3 is 20.1 Å². The summed E-state index contributed by atoms with van der Waals surface area (Å²) in [6.07, 6.45) is 0.549. The predicted octanol–water partition coefficient (Wildman–Crippen LogP) is 2.18. The van der Waals surface area contributed by atoms with Crippen LogP contribution >= 0.6 is 0 Å². The van der Waals surface area contributed by atoms with E-state index in [9.17, 15) is 9.90 Å². The molecule has 1 saturated carbocycles. The molecule has 3 N–H and O–H groups in total. The molecule has 0 aromatic rings. The highest BCUT2D eigenvalue weighted by Crippen LogP contribution is 2.49. The zero-order valence-corrected chi connectivity index (χ0v) is 13.0. The number of ether oxygens (including phenoxy) is 1. The molecule has 0 bridgehead atoms. The third-order valence-electron chi connectivity index (χ3n) is 4.16. The number of hydrogen-bond donors (Lipinski definition) is 3. The summed E-state index contributed by atoms with van der Waals surface area (Å²) in [5.74, 6) is 5.62. The van der Waals surface area contributed by atoms with Crippen LogP contribution in [0.25, 0.3) is 0 Å². The number of aliphatic hydroxyl groups excluding tert-OH is 2. The van der Waals surface area contributed by atoms with E-state index in [0.29, 0.717) is 18.4 Å². The third-order valence-corrected chi connectivity index (χ3v) is 4.16. The second-order valence-electron chi connectivity index (χ2n) is 6.30. The summed E-state index contributed by atoms with van der Waals surface area (Å²) in [5.41, 5.74) is -1.14. The van der Waals surface area contributed by atoms with Crippen LogP contribution in [0, 0.1) is 23.2 Å². The van der Waals surface area contributed by atoms with E-state index >= 15 is 0 Å². The van der Waals surface area contributed by atoms with Crippen LogP contribution in [0.2, 0.25) is 0 Å². The average Bonchev–Trinajstić information content (AvgIpc) is 2.31. The maximum atomic E-state index is 11.2. The summed E-state index contributed by atoms with van der Waals surface area (Å²) in [4.78, 5) is 11.2. The third kappa shape index (κ3) is 3.78. The molecule has 5 nitrogen and oxygen atoms in total. The lowest BCUT2D eigenvalue weighted by Gasteiger charge is -2.50. The first-order valence-electron chi connectivity index (χ1n) is 7.05. The largest absolute Gasteiger partial charge is 0.507 e. The topological polar surface area (TPSA) is 87.0 Å². The van der Waals surface area contributed by atoms with Crippen LogP contribution < -0.4 is 0 Å². The van der Waals surface area contributed by atoms with Gasteiger partial charge in [-0.2, -0.15) is 0 Å². The highest BCUT2D eigenvalue weighted by atomic mass is 16.7. The van der Waals surface area contributed by atoms with Crippen LogP contribution in [-0.4, -0.2) is 39.8 Å². The van der Waals surface area contributed by atoms with Crippen molar-refractivity contribution in [3.8, 4) is 11.8 Å². The van der Waals surface area contributed by atoms with E-state index in [1.165, 1.54) is 0 Å². The van der Waals surface area contributed by atoms with Gasteiger partial charge in [-0.25, -0.2) is 4.79 Å². The fourth-order valence-corrected chi connectivity index (χ4v) is 3.14. The van der Waals surface area contributed by atoms with E-state index in [-0.39, 0.29) is 12.5 Å². The molecular weight excluding hydrogens is 272 g/mol. The Labute approximate surface area is 125 Å². The maximum Gasteiger partial charge on any atom is 0.507 e. The summed E-state index contributed by atoms with van der Waals surface area (Å²) in [5, 5.41) is 27.9. The van der Waals surface area contributed by atoms with Gasteiger partial charge in [0.2, 0.25) is 0 Å². The Kier molecular flexibility index (Phi) is 5.43. The molecule has 1 fully saturated rings. The quantitative estimate of drug-likeness (QED) is 0.537. The Hall–Kier alpha value is -1.51. The molecule has 1 aliphatic rings. The van der Waals surface area contributed by atoms with E-state index in [2.05, 4.69) is 11.8 Å². The van der Waals surface area contributed by atoms with E-state index < -0.39 is 23.3 Å². The van der Waals surface area contributed by atoms with Crippen LogP contribution in [0.4, 0.5) is 4.79 Å². The second-order valence-corrected chi connectivity index (χ2v) is 6.30. The van der Waals surface area contributed by atoms with Gasteiger partial charge in [-0.1, -0.05) is 26.7 Å². The SMILES string of the molecule is C/C(C#C[C@]1(OC(=O)O)[C@H](C)C[C@@H](O)CC1(C)C)=C\CO. The number of allylic oxidation sites excluding steroid dienone is 1. The van der Waals surface area contributed by atoms with Crippen molar-refractivity contribution in [3.63, 3.8) is 0 Å². The van der Waals surface area contributed by atoms with Crippen molar-refractivity contribution in [1.82, 2.24) is 0 Å². The summed E-state index contributed by atoms with van der Waals surface area (Å²) < 4.78 is 5.23. The van der Waals surface area contributed by atoms with Gasteiger partial charge in [0.05, 0.1) is 12.7 Å². The Balaban J connectivity index is 3.31. The van der Waals surface area contributed by atoms with Crippen molar-refractivity contribution < 1.29 is 24.9 Å². The lowest BCUT2D eigenvalue weighted by Crippen LogP contribution is -2.57. The second kappa shape index (κ2) is 6.50. The zero-order valence-electron chi connectivity index (χ0n) is 13.0. The molecule has 0 heterocycles. The first-order valence-corrected chi connectivity index (χ1v) is 7.05. The smallest absolute Gasteiger partial charge is 0.450 e. The molecule has 5 heteroatoms. The van der Waals surface area contributed by atoms with Gasteiger partial charge in [-0.15, -0.1) is 0 Å². The standard InChI is InChI=1S/C16H24O5/c1-11(6-8-17)5-7-16(21-14(19)20)12(2)9-13(18)10-15(16,3)4/h6,12-13,17-18H,8-10H2,1-4H3,(H,19,20)/b11-6+/t12-,13-,16+/m1/s1. The average molecular weight is 296 g/mol. The molecule has 0 aromatic carbocycles. The van der Waals surface area contributed by atoms with Crippen molar-refractivity contribution >= 4 is 6.16 Å². The molecule has 0 radical (unpaired) electrons. The van der Waals surface area contributed by atoms with Crippen molar-refractivity contribution in [2.75, 3.05) is 6.61 Å². The van der Waals surface area contributed by atoms with Crippen molar-refractivity contribution in [2.24, 2.45) is 11.3 Å². The summed E-state index contributed by atoms with van der Waals surface area (Å²) in [7, 11) is 0. The molecular formula is C16H24O5. The Morgan fingerprint density at radius 2 is 2.10 bits per heavy atom. The molecule has 118 valence electrons. The fourth-order valence-electron chi connectivity index (χ4n) is 3.14. The normalized spacial score (nSPS) is 32.0. The molecule has 0 aromatic heterocycles.